The average Bonchev–Trinajstić information content (AvgIpc) is 3.50. The fraction of sp³-hybridized carbons (Fsp3) is 0.619. The van der Waals surface area contributed by atoms with Crippen molar-refractivity contribution in [3.8, 4) is 0 Å². The third-order valence-electron chi connectivity index (χ3n) is 5.40. The van der Waals surface area contributed by atoms with Gasteiger partial charge >= 0.3 is 6.03 Å². The lowest BCUT2D eigenvalue weighted by molar-refractivity contribution is -0.132. The van der Waals surface area contributed by atoms with E-state index in [-0.39, 0.29) is 29.8 Å². The number of carbonyl (C=O) groups excluding carboxylic acids is 2. The molecule has 2 aliphatic rings. The van der Waals surface area contributed by atoms with Gasteiger partial charge in [-0.3, -0.25) is 4.79 Å². The molecule has 1 aromatic carbocycles. The molecule has 0 atom stereocenters. The molecular formula is C21H30FN3O2. The van der Waals surface area contributed by atoms with Crippen LogP contribution in [0.3, 0.4) is 0 Å². The Morgan fingerprint density at radius 2 is 1.81 bits per heavy atom. The van der Waals surface area contributed by atoms with Gasteiger partial charge in [0.05, 0.1) is 0 Å². The fourth-order valence-corrected chi connectivity index (χ4v) is 3.69. The van der Waals surface area contributed by atoms with Crippen LogP contribution in [-0.4, -0.2) is 35.5 Å². The second kappa shape index (κ2) is 9.72. The lowest BCUT2D eigenvalue weighted by Gasteiger charge is -2.24. The molecule has 0 radical (unpaired) electrons. The van der Waals surface area contributed by atoms with Gasteiger partial charge in [0.25, 0.3) is 0 Å². The minimum atomic E-state index is -0.267. The van der Waals surface area contributed by atoms with Crippen LogP contribution in [0.1, 0.15) is 63.4 Å². The van der Waals surface area contributed by atoms with Crippen molar-refractivity contribution < 1.29 is 14.0 Å². The predicted molar refractivity (Wildman–Crippen MR) is 103 cm³/mol. The van der Waals surface area contributed by atoms with Gasteiger partial charge in [0.1, 0.15) is 5.82 Å². The summed E-state index contributed by atoms with van der Waals surface area (Å²) in [7, 11) is 0. The summed E-state index contributed by atoms with van der Waals surface area (Å²) >= 11 is 0. The van der Waals surface area contributed by atoms with Gasteiger partial charge in [-0.05, 0) is 38.2 Å². The predicted octanol–water partition coefficient (Wildman–Crippen LogP) is 3.73. The lowest BCUT2D eigenvalue weighted by atomic mass is 9.96. The van der Waals surface area contributed by atoms with Gasteiger partial charge in [0, 0.05) is 37.2 Å². The smallest absolute Gasteiger partial charge is 0.315 e. The van der Waals surface area contributed by atoms with E-state index in [1.165, 1.54) is 25.3 Å². The molecule has 0 unspecified atom stereocenters. The number of hydrogen-bond donors (Lipinski definition) is 2. The zero-order valence-electron chi connectivity index (χ0n) is 15.9. The molecule has 0 spiro atoms. The molecule has 27 heavy (non-hydrogen) atoms. The van der Waals surface area contributed by atoms with Crippen molar-refractivity contribution in [3.05, 3.63) is 35.6 Å². The van der Waals surface area contributed by atoms with E-state index in [9.17, 15) is 14.0 Å². The van der Waals surface area contributed by atoms with Gasteiger partial charge in [-0.2, -0.15) is 0 Å². The Hall–Kier alpha value is -2.11. The Morgan fingerprint density at radius 3 is 2.52 bits per heavy atom. The minimum Gasteiger partial charge on any atom is -0.338 e. The van der Waals surface area contributed by atoms with Crippen LogP contribution < -0.4 is 10.6 Å². The molecule has 1 aromatic rings. The van der Waals surface area contributed by atoms with E-state index < -0.39 is 0 Å². The SMILES string of the molecule is O=C(NCCCC(=O)N(Cc1ccccc1F)C1CC1)NC1CCCCC1. The van der Waals surface area contributed by atoms with Gasteiger partial charge in [-0.25, -0.2) is 9.18 Å². The molecule has 0 aliphatic heterocycles. The van der Waals surface area contributed by atoms with Gasteiger partial charge in [0.2, 0.25) is 5.91 Å². The molecule has 6 heteroatoms. The zero-order valence-corrected chi connectivity index (χ0v) is 15.9. The van der Waals surface area contributed by atoms with E-state index in [1.807, 2.05) is 0 Å². The monoisotopic (exact) mass is 375 g/mol. The molecule has 0 aromatic heterocycles. The van der Waals surface area contributed by atoms with Gasteiger partial charge in [-0.1, -0.05) is 37.5 Å². The second-order valence-corrected chi connectivity index (χ2v) is 7.68. The first-order valence-electron chi connectivity index (χ1n) is 10.2. The number of amides is 3. The Morgan fingerprint density at radius 1 is 1.07 bits per heavy atom. The Kier molecular flexibility index (Phi) is 7.07. The topological polar surface area (TPSA) is 61.4 Å². The highest BCUT2D eigenvalue weighted by Crippen LogP contribution is 2.29. The van der Waals surface area contributed by atoms with Crippen LogP contribution in [0.25, 0.3) is 0 Å². The number of halogens is 1. The quantitative estimate of drug-likeness (QED) is 0.680. The summed E-state index contributed by atoms with van der Waals surface area (Å²) in [6, 6.07) is 7.00. The van der Waals surface area contributed by atoms with Crippen molar-refractivity contribution in [1.29, 1.82) is 0 Å². The highest BCUT2D eigenvalue weighted by atomic mass is 19.1. The fourth-order valence-electron chi connectivity index (χ4n) is 3.69. The minimum absolute atomic E-state index is 0.0373. The van der Waals surface area contributed by atoms with Crippen LogP contribution in [0.5, 0.6) is 0 Å². The maximum absolute atomic E-state index is 13.9. The third kappa shape index (κ3) is 6.22. The lowest BCUT2D eigenvalue weighted by Crippen LogP contribution is -2.43. The summed E-state index contributed by atoms with van der Waals surface area (Å²) in [6.45, 7) is 0.800. The van der Waals surface area contributed by atoms with Crippen molar-refractivity contribution in [3.63, 3.8) is 0 Å². The standard InChI is InChI=1S/C21H30FN3O2/c22-19-10-5-4-7-16(19)15-25(18-12-13-18)20(26)11-6-14-23-21(27)24-17-8-2-1-3-9-17/h4-5,7,10,17-18H,1-3,6,8-9,11-15H2,(H2,23,24,27). The Labute approximate surface area is 160 Å². The van der Waals surface area contributed by atoms with Crippen LogP contribution in [0.2, 0.25) is 0 Å². The highest BCUT2D eigenvalue weighted by Gasteiger charge is 2.32. The maximum Gasteiger partial charge on any atom is 0.315 e. The number of benzene rings is 1. The Bertz CT molecular complexity index is 642. The normalized spacial score (nSPS) is 17.4. The van der Waals surface area contributed by atoms with Crippen LogP contribution in [0.15, 0.2) is 24.3 Å². The summed E-state index contributed by atoms with van der Waals surface area (Å²) < 4.78 is 13.9. The molecular weight excluding hydrogens is 345 g/mol. The van der Waals surface area contributed by atoms with E-state index in [0.717, 1.165) is 25.7 Å². The summed E-state index contributed by atoms with van der Waals surface area (Å²) in [5, 5.41) is 5.86. The molecule has 3 rings (SSSR count). The molecule has 5 nitrogen and oxygen atoms in total. The molecule has 2 fully saturated rings. The Balaban J connectivity index is 1.38. The van der Waals surface area contributed by atoms with E-state index >= 15 is 0 Å². The van der Waals surface area contributed by atoms with E-state index in [1.54, 1.807) is 23.1 Å². The van der Waals surface area contributed by atoms with Gasteiger partial charge < -0.3 is 15.5 Å². The van der Waals surface area contributed by atoms with Crippen molar-refractivity contribution in [1.82, 2.24) is 15.5 Å². The van der Waals surface area contributed by atoms with Gasteiger partial charge in [0.15, 0.2) is 0 Å². The maximum atomic E-state index is 13.9. The molecule has 2 N–H and O–H groups in total. The number of urea groups is 1. The van der Waals surface area contributed by atoms with E-state index in [0.29, 0.717) is 31.5 Å². The van der Waals surface area contributed by atoms with Crippen LogP contribution in [0, 0.1) is 5.82 Å². The number of nitrogens with one attached hydrogen (secondary N) is 2. The first-order chi connectivity index (χ1) is 13.1. The first-order valence-corrected chi connectivity index (χ1v) is 10.2. The van der Waals surface area contributed by atoms with E-state index in [4.69, 9.17) is 0 Å². The molecule has 0 heterocycles. The largest absolute Gasteiger partial charge is 0.338 e. The zero-order chi connectivity index (χ0) is 19.1. The number of rotatable bonds is 8. The van der Waals surface area contributed by atoms with Crippen LogP contribution in [-0.2, 0) is 11.3 Å². The summed E-state index contributed by atoms with van der Waals surface area (Å²) in [4.78, 5) is 26.3. The average molecular weight is 375 g/mol. The van der Waals surface area contributed by atoms with E-state index in [2.05, 4.69) is 10.6 Å². The molecule has 2 saturated carbocycles. The van der Waals surface area contributed by atoms with Gasteiger partial charge in [-0.15, -0.1) is 0 Å². The van der Waals surface area contributed by atoms with Crippen LogP contribution in [0.4, 0.5) is 9.18 Å². The highest BCUT2D eigenvalue weighted by molar-refractivity contribution is 5.77. The number of nitrogens with zero attached hydrogens (tertiary/aromatic N) is 1. The van der Waals surface area contributed by atoms with Crippen molar-refractivity contribution in [2.24, 2.45) is 0 Å². The molecule has 2 aliphatic carbocycles. The van der Waals surface area contributed by atoms with Crippen LogP contribution >= 0.6 is 0 Å². The van der Waals surface area contributed by atoms with Crippen molar-refractivity contribution >= 4 is 11.9 Å². The summed E-state index contributed by atoms with van der Waals surface area (Å²) in [5.41, 5.74) is 0.558. The number of carbonyl (C=O) groups is 2. The first kappa shape index (κ1) is 19.6. The third-order valence-corrected chi connectivity index (χ3v) is 5.40. The number of hydrogen-bond acceptors (Lipinski definition) is 2. The molecule has 0 saturated heterocycles. The summed E-state index contributed by atoms with van der Waals surface area (Å²) in [6.07, 6.45) is 8.66. The summed E-state index contributed by atoms with van der Waals surface area (Å²) in [5.74, 6) is -0.229. The molecule has 3 amide bonds. The van der Waals surface area contributed by atoms with Crippen molar-refractivity contribution in [2.45, 2.75) is 76.4 Å². The second-order valence-electron chi connectivity index (χ2n) is 7.68. The molecule has 0 bridgehead atoms. The van der Waals surface area contributed by atoms with Crippen molar-refractivity contribution in [2.75, 3.05) is 6.54 Å². The molecule has 148 valence electrons.